The highest BCUT2D eigenvalue weighted by molar-refractivity contribution is 5.65. The summed E-state index contributed by atoms with van der Waals surface area (Å²) in [6, 6.07) is 2.65. The predicted molar refractivity (Wildman–Crippen MR) is 106 cm³/mol. The van der Waals surface area contributed by atoms with Gasteiger partial charge >= 0.3 is 6.09 Å². The second kappa shape index (κ2) is 9.12. The number of likely N-dealkylation sites (N-methyl/N-ethyl adjacent to an activating group) is 1. The Balaban J connectivity index is 1.40. The second-order valence-electron chi connectivity index (χ2n) is 8.68. The minimum Gasteiger partial charge on any atom is -0.465 e. The fourth-order valence-corrected chi connectivity index (χ4v) is 5.27. The number of nitriles is 1. The molecular weight excluding hydrogens is 374 g/mol. The first-order chi connectivity index (χ1) is 14.1. The lowest BCUT2D eigenvalue weighted by atomic mass is 9.95. The van der Waals surface area contributed by atoms with Crippen LogP contribution in [-0.2, 0) is 4.74 Å². The maximum atomic E-state index is 11.5. The van der Waals surface area contributed by atoms with E-state index in [4.69, 9.17) is 10.00 Å². The van der Waals surface area contributed by atoms with Crippen molar-refractivity contribution in [3.05, 3.63) is 0 Å². The summed E-state index contributed by atoms with van der Waals surface area (Å²) in [5.74, 6) is 0.378. The van der Waals surface area contributed by atoms with E-state index in [1.54, 1.807) is 0 Å². The number of ether oxygens (including phenoxy) is 1. The molecule has 4 saturated heterocycles. The molecule has 1 amide bonds. The first-order valence-corrected chi connectivity index (χ1v) is 10.7. The summed E-state index contributed by atoms with van der Waals surface area (Å²) in [6.45, 7) is 5.30. The van der Waals surface area contributed by atoms with Gasteiger partial charge in [-0.15, -0.1) is 0 Å². The largest absolute Gasteiger partial charge is 0.465 e. The predicted octanol–water partition coefficient (Wildman–Crippen LogP) is -0.934. The number of nitrogens with zero attached hydrogens (tertiary/aromatic N) is 4. The standard InChI is InChI=1S/C19H33N7O3/c1-24-6-2-3-14(24)12-29-18-22-16-10-21-9-15(16)17(23-18)25-7-8-26(19(27)28)13(11-25)4-5-20/h13-18,21-23H,2-4,6-12H2,1H3,(H,27,28). The molecule has 4 heterocycles. The minimum atomic E-state index is -0.939. The third kappa shape index (κ3) is 4.50. The molecular formula is C19H33N7O3. The van der Waals surface area contributed by atoms with Crippen molar-refractivity contribution < 1.29 is 14.6 Å². The Bertz CT molecular complexity index is 629. The van der Waals surface area contributed by atoms with Gasteiger partial charge in [0.1, 0.15) is 0 Å². The number of amides is 1. The lowest BCUT2D eigenvalue weighted by Crippen LogP contribution is -2.71. The molecule has 4 N–H and O–H groups in total. The first kappa shape index (κ1) is 20.8. The highest BCUT2D eigenvalue weighted by Crippen LogP contribution is 2.25. The van der Waals surface area contributed by atoms with Gasteiger partial charge in [0.05, 0.1) is 31.3 Å². The molecule has 4 fully saturated rings. The highest BCUT2D eigenvalue weighted by Gasteiger charge is 2.45. The van der Waals surface area contributed by atoms with E-state index in [0.717, 1.165) is 19.6 Å². The van der Waals surface area contributed by atoms with Crippen LogP contribution < -0.4 is 16.0 Å². The van der Waals surface area contributed by atoms with E-state index in [-0.39, 0.29) is 25.0 Å². The molecule has 29 heavy (non-hydrogen) atoms. The molecule has 10 nitrogen and oxygen atoms in total. The maximum Gasteiger partial charge on any atom is 0.407 e. The number of nitrogens with one attached hydrogen (secondary N) is 3. The van der Waals surface area contributed by atoms with Gasteiger partial charge in [0.2, 0.25) is 0 Å². The zero-order valence-corrected chi connectivity index (χ0v) is 17.1. The van der Waals surface area contributed by atoms with Gasteiger partial charge in [0.15, 0.2) is 6.35 Å². The highest BCUT2D eigenvalue weighted by atomic mass is 16.5. The second-order valence-corrected chi connectivity index (χ2v) is 8.68. The van der Waals surface area contributed by atoms with Crippen molar-refractivity contribution in [1.82, 2.24) is 30.7 Å². The van der Waals surface area contributed by atoms with Crippen molar-refractivity contribution >= 4 is 6.09 Å². The lowest BCUT2D eigenvalue weighted by Gasteiger charge is -2.49. The van der Waals surface area contributed by atoms with Crippen molar-refractivity contribution in [3.63, 3.8) is 0 Å². The van der Waals surface area contributed by atoms with Gasteiger partial charge in [-0.1, -0.05) is 0 Å². The number of hydrogen-bond acceptors (Lipinski definition) is 8. The van der Waals surface area contributed by atoms with E-state index < -0.39 is 6.09 Å². The van der Waals surface area contributed by atoms with Gasteiger partial charge in [-0.25, -0.2) is 4.79 Å². The molecule has 0 aromatic carbocycles. The summed E-state index contributed by atoms with van der Waals surface area (Å²) in [6.07, 6.45) is 1.55. The van der Waals surface area contributed by atoms with Gasteiger partial charge in [0.25, 0.3) is 0 Å². The molecule has 0 aromatic rings. The molecule has 4 rings (SSSR count). The zero-order valence-electron chi connectivity index (χ0n) is 17.1. The topological polar surface area (TPSA) is 116 Å². The molecule has 0 radical (unpaired) electrons. The van der Waals surface area contributed by atoms with Gasteiger partial charge in [-0.3, -0.25) is 15.5 Å². The van der Waals surface area contributed by atoms with Crippen molar-refractivity contribution in [2.75, 3.05) is 52.9 Å². The number of likely N-dealkylation sites (tertiary alicyclic amines) is 1. The van der Waals surface area contributed by atoms with E-state index in [2.05, 4.69) is 38.9 Å². The van der Waals surface area contributed by atoms with Crippen LogP contribution in [0.1, 0.15) is 19.3 Å². The van der Waals surface area contributed by atoms with Crippen LogP contribution in [-0.4, -0.2) is 109 Å². The summed E-state index contributed by atoms with van der Waals surface area (Å²) in [5.41, 5.74) is 0. The van der Waals surface area contributed by atoms with Crippen LogP contribution in [0.5, 0.6) is 0 Å². The van der Waals surface area contributed by atoms with E-state index >= 15 is 0 Å². The Hall–Kier alpha value is -1.48. The van der Waals surface area contributed by atoms with Crippen LogP contribution in [0.3, 0.4) is 0 Å². The SMILES string of the molecule is CN1CCCC1COC1NC2CNCC2C(N2CCN(C(=O)O)C(CC#N)C2)N1. The third-order valence-electron chi connectivity index (χ3n) is 6.96. The summed E-state index contributed by atoms with van der Waals surface area (Å²) in [4.78, 5) is 17.6. The Kier molecular flexibility index (Phi) is 6.53. The van der Waals surface area contributed by atoms with E-state index in [0.29, 0.717) is 44.2 Å². The fourth-order valence-electron chi connectivity index (χ4n) is 5.27. The van der Waals surface area contributed by atoms with Crippen molar-refractivity contribution in [2.24, 2.45) is 5.92 Å². The van der Waals surface area contributed by atoms with Gasteiger partial charge < -0.3 is 25.0 Å². The summed E-state index contributed by atoms with van der Waals surface area (Å²) in [5, 5.41) is 29.3. The molecule has 0 saturated carbocycles. The average Bonchev–Trinajstić information content (AvgIpc) is 3.34. The molecule has 0 spiro atoms. The quantitative estimate of drug-likeness (QED) is 0.458. The van der Waals surface area contributed by atoms with Gasteiger partial charge in [-0.2, -0.15) is 5.26 Å². The van der Waals surface area contributed by atoms with Crippen LogP contribution in [0.15, 0.2) is 0 Å². The normalized spacial score (nSPS) is 38.7. The minimum absolute atomic E-state index is 0.0969. The number of carbonyl (C=O) groups is 1. The molecule has 4 aliphatic heterocycles. The molecule has 10 heteroatoms. The fraction of sp³-hybridized carbons (Fsp3) is 0.895. The molecule has 4 aliphatic rings. The maximum absolute atomic E-state index is 11.5. The van der Waals surface area contributed by atoms with E-state index in [1.807, 2.05) is 0 Å². The number of fused-ring (bicyclic) bond motifs is 1. The molecule has 0 bridgehead atoms. The van der Waals surface area contributed by atoms with Crippen LogP contribution in [0.25, 0.3) is 0 Å². The number of rotatable bonds is 5. The molecule has 0 aliphatic carbocycles. The van der Waals surface area contributed by atoms with Crippen LogP contribution >= 0.6 is 0 Å². The Morgan fingerprint density at radius 2 is 2.10 bits per heavy atom. The number of carboxylic acid groups (broad SMARTS) is 1. The molecule has 0 aromatic heterocycles. The summed E-state index contributed by atoms with van der Waals surface area (Å²) >= 11 is 0. The Labute approximate surface area is 172 Å². The van der Waals surface area contributed by atoms with Crippen molar-refractivity contribution in [1.29, 1.82) is 5.26 Å². The first-order valence-electron chi connectivity index (χ1n) is 10.7. The third-order valence-corrected chi connectivity index (χ3v) is 6.96. The summed E-state index contributed by atoms with van der Waals surface area (Å²) < 4.78 is 6.23. The van der Waals surface area contributed by atoms with Gasteiger partial charge in [0, 0.05) is 50.7 Å². The molecule has 6 atom stereocenters. The Morgan fingerprint density at radius 3 is 2.83 bits per heavy atom. The number of piperazine rings is 1. The van der Waals surface area contributed by atoms with E-state index in [9.17, 15) is 9.90 Å². The van der Waals surface area contributed by atoms with Crippen molar-refractivity contribution in [3.8, 4) is 6.07 Å². The average molecular weight is 408 g/mol. The van der Waals surface area contributed by atoms with Crippen LogP contribution in [0, 0.1) is 17.2 Å². The molecule has 162 valence electrons. The van der Waals surface area contributed by atoms with Gasteiger partial charge in [-0.05, 0) is 26.4 Å². The van der Waals surface area contributed by atoms with E-state index in [1.165, 1.54) is 17.7 Å². The Morgan fingerprint density at radius 1 is 1.24 bits per heavy atom. The van der Waals surface area contributed by atoms with Crippen molar-refractivity contribution in [2.45, 2.75) is 49.9 Å². The van der Waals surface area contributed by atoms with Crippen LogP contribution in [0.4, 0.5) is 4.79 Å². The lowest BCUT2D eigenvalue weighted by molar-refractivity contribution is -0.0886. The number of hydrogen-bond donors (Lipinski definition) is 4. The summed E-state index contributed by atoms with van der Waals surface area (Å²) in [7, 11) is 2.15. The zero-order chi connectivity index (χ0) is 20.4. The van der Waals surface area contributed by atoms with Crippen LogP contribution in [0.2, 0.25) is 0 Å². The smallest absolute Gasteiger partial charge is 0.407 e. The monoisotopic (exact) mass is 407 g/mol. The molecule has 6 unspecified atom stereocenters.